The van der Waals surface area contributed by atoms with Crippen LogP contribution in [0.4, 0.5) is 19.6 Å². The van der Waals surface area contributed by atoms with Crippen molar-refractivity contribution < 1.29 is 13.5 Å². The molecule has 2 heterocycles. The van der Waals surface area contributed by atoms with Crippen LogP contribution in [0.15, 0.2) is 52.9 Å². The van der Waals surface area contributed by atoms with E-state index in [0.29, 0.717) is 22.4 Å². The van der Waals surface area contributed by atoms with Crippen LogP contribution in [0.25, 0.3) is 5.69 Å². The minimum absolute atomic E-state index is 0.0697. The van der Waals surface area contributed by atoms with Crippen LogP contribution in [0.2, 0.25) is 0 Å². The first-order chi connectivity index (χ1) is 14.6. The molecule has 0 unspecified atom stereocenters. The Morgan fingerprint density at radius 2 is 1.97 bits per heavy atom. The molecule has 0 bridgehead atoms. The predicted octanol–water partition coefficient (Wildman–Crippen LogP) is 4.46. The van der Waals surface area contributed by atoms with Crippen LogP contribution in [0.5, 0.6) is 5.75 Å². The van der Waals surface area contributed by atoms with Crippen LogP contribution in [-0.4, -0.2) is 37.0 Å². The third-order valence-corrected chi connectivity index (χ3v) is 5.81. The Balaban J connectivity index is 1.39. The van der Waals surface area contributed by atoms with Crippen molar-refractivity contribution in [2.24, 2.45) is 0 Å². The molecule has 0 saturated carbocycles. The van der Waals surface area contributed by atoms with Crippen LogP contribution >= 0.6 is 23.1 Å². The van der Waals surface area contributed by atoms with E-state index >= 15 is 0 Å². The van der Waals surface area contributed by atoms with Crippen molar-refractivity contribution >= 4 is 33.9 Å². The highest BCUT2D eigenvalue weighted by molar-refractivity contribution is 8.00. The molecule has 0 saturated heterocycles. The first kappa shape index (κ1) is 20.2. The molecule has 0 amide bonds. The van der Waals surface area contributed by atoms with Gasteiger partial charge in [-0.15, -0.1) is 15.3 Å². The van der Waals surface area contributed by atoms with E-state index in [-0.39, 0.29) is 5.75 Å². The Morgan fingerprint density at radius 3 is 2.73 bits per heavy atom. The van der Waals surface area contributed by atoms with E-state index in [9.17, 15) is 8.78 Å². The van der Waals surface area contributed by atoms with Gasteiger partial charge in [-0.3, -0.25) is 0 Å². The number of nitrogens with one attached hydrogen (secondary N) is 1. The van der Waals surface area contributed by atoms with E-state index in [4.69, 9.17) is 0 Å². The summed E-state index contributed by atoms with van der Waals surface area (Å²) < 4.78 is 31.2. The first-order valence-corrected chi connectivity index (χ1v) is 10.5. The van der Waals surface area contributed by atoms with Crippen molar-refractivity contribution in [1.29, 1.82) is 0 Å². The Bertz CT molecular complexity index is 1120. The summed E-state index contributed by atoms with van der Waals surface area (Å²) in [6, 6.07) is 14.1. The Labute approximate surface area is 178 Å². The second-order valence-electron chi connectivity index (χ2n) is 6.04. The third kappa shape index (κ3) is 5.07. The third-order valence-electron chi connectivity index (χ3n) is 3.84. The Hall–Kier alpha value is -3.12. The number of hydrogen-bond donors (Lipinski definition) is 1. The van der Waals surface area contributed by atoms with Crippen molar-refractivity contribution in [3.8, 4) is 11.4 Å². The monoisotopic (exact) mass is 447 g/mol. The Morgan fingerprint density at radius 1 is 1.13 bits per heavy atom. The fourth-order valence-corrected chi connectivity index (χ4v) is 4.23. The summed E-state index contributed by atoms with van der Waals surface area (Å²) in [5, 5.41) is 24.0. The molecule has 0 aliphatic carbocycles. The van der Waals surface area contributed by atoms with Crippen LogP contribution in [0.3, 0.4) is 0 Å². The van der Waals surface area contributed by atoms with Gasteiger partial charge >= 0.3 is 6.61 Å². The lowest BCUT2D eigenvalue weighted by molar-refractivity contribution is -0.0498. The summed E-state index contributed by atoms with van der Waals surface area (Å²) in [7, 11) is 0. The van der Waals surface area contributed by atoms with Gasteiger partial charge in [0.15, 0.2) is 10.2 Å². The summed E-state index contributed by atoms with van der Waals surface area (Å²) in [6.07, 6.45) is 0. The molecule has 0 atom stereocenters. The molecule has 30 heavy (non-hydrogen) atoms. The molecule has 0 fully saturated rings. The highest BCUT2D eigenvalue weighted by atomic mass is 32.2. The van der Waals surface area contributed by atoms with Gasteiger partial charge in [-0.25, -0.2) is 0 Å². The van der Waals surface area contributed by atoms with Crippen LogP contribution in [0, 0.1) is 6.92 Å². The van der Waals surface area contributed by atoms with E-state index in [1.165, 1.54) is 39.9 Å². The molecule has 2 aromatic carbocycles. The molecule has 0 spiro atoms. The fourth-order valence-electron chi connectivity index (χ4n) is 2.56. The van der Waals surface area contributed by atoms with Gasteiger partial charge in [0.1, 0.15) is 5.75 Å². The average Bonchev–Trinajstić information content (AvgIpc) is 3.36. The molecule has 8 nitrogen and oxygen atoms in total. The number of rotatable bonds is 8. The number of anilines is 2. The molecule has 0 aliphatic heterocycles. The first-order valence-electron chi connectivity index (χ1n) is 8.69. The maximum atomic E-state index is 12.3. The van der Waals surface area contributed by atoms with Crippen molar-refractivity contribution in [2.45, 2.75) is 23.6 Å². The van der Waals surface area contributed by atoms with E-state index in [0.717, 1.165) is 15.6 Å². The molecule has 0 radical (unpaired) electrons. The summed E-state index contributed by atoms with van der Waals surface area (Å²) in [6.45, 7) is -0.844. The van der Waals surface area contributed by atoms with Crippen molar-refractivity contribution in [3.63, 3.8) is 0 Å². The van der Waals surface area contributed by atoms with Crippen molar-refractivity contribution in [1.82, 2.24) is 30.4 Å². The van der Waals surface area contributed by atoms with Crippen molar-refractivity contribution in [2.75, 3.05) is 5.32 Å². The van der Waals surface area contributed by atoms with Gasteiger partial charge in [-0.1, -0.05) is 35.2 Å². The zero-order valence-corrected chi connectivity index (χ0v) is 17.2. The highest BCUT2D eigenvalue weighted by Gasteiger charge is 2.12. The van der Waals surface area contributed by atoms with E-state index in [1.807, 2.05) is 31.2 Å². The molecule has 0 aliphatic rings. The summed E-state index contributed by atoms with van der Waals surface area (Å²) in [5.41, 5.74) is 2.74. The maximum absolute atomic E-state index is 12.3. The van der Waals surface area contributed by atoms with E-state index < -0.39 is 6.61 Å². The normalized spacial score (nSPS) is 11.1. The highest BCUT2D eigenvalue weighted by Crippen LogP contribution is 2.30. The molecule has 1 N–H and O–H groups in total. The number of hydrogen-bond acceptors (Lipinski definition) is 9. The topological polar surface area (TPSA) is 90.6 Å². The smallest absolute Gasteiger partial charge is 0.387 e. The van der Waals surface area contributed by atoms with Crippen LogP contribution in [0.1, 0.15) is 11.4 Å². The molecular formula is C18H15F2N7OS2. The van der Waals surface area contributed by atoms with Crippen molar-refractivity contribution in [3.05, 3.63) is 59.9 Å². The molecule has 12 heteroatoms. The summed E-state index contributed by atoms with van der Waals surface area (Å²) in [4.78, 5) is 0. The maximum Gasteiger partial charge on any atom is 0.387 e. The number of thioether (sulfide) groups is 1. The minimum atomic E-state index is -2.87. The minimum Gasteiger partial charge on any atom is -0.435 e. The molecule has 4 rings (SSSR count). The number of benzene rings is 2. The Kier molecular flexibility index (Phi) is 6.14. The zero-order chi connectivity index (χ0) is 20.9. The van der Waals surface area contributed by atoms with Gasteiger partial charge in [0.25, 0.3) is 0 Å². The number of halogens is 2. The van der Waals surface area contributed by atoms with E-state index in [1.54, 1.807) is 12.1 Å². The lowest BCUT2D eigenvalue weighted by Crippen LogP contribution is -2.04. The number of alkyl halides is 2. The molecule has 4 aromatic rings. The summed E-state index contributed by atoms with van der Waals surface area (Å²) >= 11 is 2.88. The van der Waals surface area contributed by atoms with Crippen LogP contribution in [-0.2, 0) is 5.75 Å². The number of ether oxygens (including phenoxy) is 1. The average molecular weight is 447 g/mol. The number of aromatic nitrogens is 6. The fraction of sp³-hybridized carbons (Fsp3) is 0.167. The number of tetrazole rings is 1. The van der Waals surface area contributed by atoms with Gasteiger partial charge in [-0.2, -0.15) is 13.5 Å². The predicted molar refractivity (Wildman–Crippen MR) is 110 cm³/mol. The van der Waals surface area contributed by atoms with Gasteiger partial charge in [0.2, 0.25) is 5.13 Å². The largest absolute Gasteiger partial charge is 0.435 e. The molecular weight excluding hydrogens is 432 g/mol. The van der Waals surface area contributed by atoms with Gasteiger partial charge in [0, 0.05) is 5.69 Å². The second kappa shape index (κ2) is 9.13. The molecule has 2 aromatic heterocycles. The molecule has 154 valence electrons. The SMILES string of the molecule is Cc1cccc(Nc2nnc(SCc3nnnn3-c3ccc(OC(F)F)cc3)s2)c1. The lowest BCUT2D eigenvalue weighted by Gasteiger charge is -2.06. The summed E-state index contributed by atoms with van der Waals surface area (Å²) in [5.74, 6) is 1.12. The van der Waals surface area contributed by atoms with Gasteiger partial charge < -0.3 is 10.1 Å². The van der Waals surface area contributed by atoms with Gasteiger partial charge in [0.05, 0.1) is 11.4 Å². The van der Waals surface area contributed by atoms with Crippen LogP contribution < -0.4 is 10.1 Å². The second-order valence-corrected chi connectivity index (χ2v) is 8.24. The standard InChI is InChI=1S/C18H15F2N7OS2/c1-11-3-2-4-12(9-11)21-17-23-24-18(30-17)29-10-15-22-25-26-27(15)13-5-7-14(8-6-13)28-16(19)20/h2-9,16H,10H2,1H3,(H,21,23). The van der Waals surface area contributed by atoms with Gasteiger partial charge in [-0.05, 0) is 59.3 Å². The quantitative estimate of drug-likeness (QED) is 0.396. The lowest BCUT2D eigenvalue weighted by atomic mass is 10.2. The van der Waals surface area contributed by atoms with E-state index in [2.05, 4.69) is 35.8 Å². The number of nitrogens with zero attached hydrogens (tertiary/aromatic N) is 6. The number of aryl methyl sites for hydroxylation is 1. The zero-order valence-electron chi connectivity index (χ0n) is 15.6.